The van der Waals surface area contributed by atoms with Gasteiger partial charge in [0, 0.05) is 30.3 Å². The highest BCUT2D eigenvalue weighted by Crippen LogP contribution is 2.27. The predicted molar refractivity (Wildman–Crippen MR) is 119 cm³/mol. The Balaban J connectivity index is 1.51. The van der Waals surface area contributed by atoms with Crippen molar-refractivity contribution >= 4 is 11.8 Å². The molecule has 31 heavy (non-hydrogen) atoms. The van der Waals surface area contributed by atoms with Crippen LogP contribution in [0.3, 0.4) is 0 Å². The quantitative estimate of drug-likeness (QED) is 0.642. The van der Waals surface area contributed by atoms with E-state index >= 15 is 0 Å². The van der Waals surface area contributed by atoms with Gasteiger partial charge in [0.15, 0.2) is 0 Å². The normalized spacial score (nSPS) is 16.0. The molecule has 0 radical (unpaired) electrons. The monoisotopic (exact) mass is 416 g/mol. The highest BCUT2D eigenvalue weighted by molar-refractivity contribution is 6.01. The lowest BCUT2D eigenvalue weighted by molar-refractivity contribution is 0.0603. The standard InChI is InChI=1S/C26H25FN2O2/c27-21-15-13-20(14-16-21)25(30)28-18-22-10-6-7-17-29(22)26(31)24-12-5-4-11-23(24)19-8-2-1-3-9-19/h1-5,8-9,11-16,22H,6-7,10,17-18H2,(H,28,30)/t22-/m0/s1. The van der Waals surface area contributed by atoms with Crippen molar-refractivity contribution in [1.82, 2.24) is 10.2 Å². The number of nitrogens with one attached hydrogen (secondary N) is 1. The lowest BCUT2D eigenvalue weighted by atomic mass is 9.96. The topological polar surface area (TPSA) is 49.4 Å². The van der Waals surface area contributed by atoms with Crippen molar-refractivity contribution in [3.05, 3.63) is 95.8 Å². The SMILES string of the molecule is O=C(NC[C@@H]1CCCCN1C(=O)c1ccccc1-c1ccccc1)c1ccc(F)cc1. The molecule has 1 aliphatic heterocycles. The second kappa shape index (κ2) is 9.56. The Labute approximate surface area is 181 Å². The second-order valence-corrected chi connectivity index (χ2v) is 7.78. The average molecular weight is 416 g/mol. The van der Waals surface area contributed by atoms with Crippen LogP contribution >= 0.6 is 0 Å². The summed E-state index contributed by atoms with van der Waals surface area (Å²) in [6.07, 6.45) is 2.80. The van der Waals surface area contributed by atoms with Crippen LogP contribution < -0.4 is 5.32 Å². The molecule has 158 valence electrons. The van der Waals surface area contributed by atoms with E-state index in [4.69, 9.17) is 0 Å². The minimum absolute atomic E-state index is 0.0137. The van der Waals surface area contributed by atoms with Gasteiger partial charge < -0.3 is 10.2 Å². The van der Waals surface area contributed by atoms with Crippen LogP contribution in [0.2, 0.25) is 0 Å². The van der Waals surface area contributed by atoms with E-state index in [1.807, 2.05) is 59.5 Å². The first-order chi connectivity index (χ1) is 15.1. The number of carbonyl (C=O) groups is 2. The molecule has 1 aliphatic rings. The van der Waals surface area contributed by atoms with Gasteiger partial charge in [-0.1, -0.05) is 48.5 Å². The van der Waals surface area contributed by atoms with Crippen molar-refractivity contribution in [3.63, 3.8) is 0 Å². The minimum atomic E-state index is -0.377. The first-order valence-corrected chi connectivity index (χ1v) is 10.6. The molecule has 1 fully saturated rings. The van der Waals surface area contributed by atoms with Crippen molar-refractivity contribution in [2.75, 3.05) is 13.1 Å². The highest BCUT2D eigenvalue weighted by Gasteiger charge is 2.29. The van der Waals surface area contributed by atoms with Crippen LogP contribution in [-0.4, -0.2) is 35.8 Å². The summed E-state index contributed by atoms with van der Waals surface area (Å²) in [4.78, 5) is 27.9. The number of nitrogens with zero attached hydrogens (tertiary/aromatic N) is 1. The van der Waals surface area contributed by atoms with Gasteiger partial charge in [-0.2, -0.15) is 0 Å². The molecule has 3 aromatic carbocycles. The van der Waals surface area contributed by atoms with Crippen molar-refractivity contribution < 1.29 is 14.0 Å². The maximum atomic E-state index is 13.5. The summed E-state index contributed by atoms with van der Waals surface area (Å²) in [7, 11) is 0. The van der Waals surface area contributed by atoms with Gasteiger partial charge in [-0.15, -0.1) is 0 Å². The van der Waals surface area contributed by atoms with Gasteiger partial charge in [0.25, 0.3) is 11.8 Å². The molecule has 1 saturated heterocycles. The predicted octanol–water partition coefficient (Wildman–Crippen LogP) is 4.92. The molecule has 1 heterocycles. The Hall–Kier alpha value is -3.47. The number of hydrogen-bond donors (Lipinski definition) is 1. The molecular weight excluding hydrogens is 391 g/mol. The molecular formula is C26H25FN2O2. The summed E-state index contributed by atoms with van der Waals surface area (Å²) >= 11 is 0. The summed E-state index contributed by atoms with van der Waals surface area (Å²) in [6, 6.07) is 22.9. The van der Waals surface area contributed by atoms with E-state index < -0.39 is 0 Å². The Morgan fingerprint density at radius 3 is 2.39 bits per heavy atom. The smallest absolute Gasteiger partial charge is 0.254 e. The number of benzene rings is 3. The van der Waals surface area contributed by atoms with Gasteiger partial charge in [-0.3, -0.25) is 9.59 Å². The molecule has 3 aromatic rings. The second-order valence-electron chi connectivity index (χ2n) is 7.78. The molecule has 1 atom stereocenters. The van der Waals surface area contributed by atoms with Crippen LogP contribution in [0, 0.1) is 5.82 Å². The molecule has 1 N–H and O–H groups in total. The minimum Gasteiger partial charge on any atom is -0.350 e. The third kappa shape index (κ3) is 4.82. The maximum Gasteiger partial charge on any atom is 0.254 e. The highest BCUT2D eigenvalue weighted by atomic mass is 19.1. The molecule has 2 amide bonds. The van der Waals surface area contributed by atoms with Gasteiger partial charge in [-0.25, -0.2) is 4.39 Å². The molecule has 0 aromatic heterocycles. The summed E-state index contributed by atoms with van der Waals surface area (Å²) in [5.41, 5.74) is 2.99. The van der Waals surface area contributed by atoms with Crippen LogP contribution in [0.5, 0.6) is 0 Å². The van der Waals surface area contributed by atoms with Gasteiger partial charge in [0.1, 0.15) is 5.82 Å². The lowest BCUT2D eigenvalue weighted by Crippen LogP contribution is -2.49. The summed E-state index contributed by atoms with van der Waals surface area (Å²) < 4.78 is 13.1. The van der Waals surface area contributed by atoms with Crippen LogP contribution in [0.25, 0.3) is 11.1 Å². The molecule has 0 bridgehead atoms. The lowest BCUT2D eigenvalue weighted by Gasteiger charge is -2.36. The van der Waals surface area contributed by atoms with Gasteiger partial charge in [0.2, 0.25) is 0 Å². The van der Waals surface area contributed by atoms with Crippen LogP contribution in [0.4, 0.5) is 4.39 Å². The number of halogens is 1. The van der Waals surface area contributed by atoms with Crippen LogP contribution in [-0.2, 0) is 0 Å². The van der Waals surface area contributed by atoms with Crippen molar-refractivity contribution in [2.45, 2.75) is 25.3 Å². The largest absolute Gasteiger partial charge is 0.350 e. The van der Waals surface area contributed by atoms with E-state index in [9.17, 15) is 14.0 Å². The van der Waals surface area contributed by atoms with Gasteiger partial charge in [0.05, 0.1) is 0 Å². The number of rotatable bonds is 5. The van der Waals surface area contributed by atoms with Gasteiger partial charge in [-0.05, 0) is 60.7 Å². The average Bonchev–Trinajstić information content (AvgIpc) is 2.83. The van der Waals surface area contributed by atoms with Crippen molar-refractivity contribution in [2.24, 2.45) is 0 Å². The van der Waals surface area contributed by atoms with E-state index in [2.05, 4.69) is 5.32 Å². The molecule has 0 spiro atoms. The van der Waals surface area contributed by atoms with Gasteiger partial charge >= 0.3 is 0 Å². The molecule has 0 aliphatic carbocycles. The zero-order chi connectivity index (χ0) is 21.6. The third-order valence-electron chi connectivity index (χ3n) is 5.73. The first-order valence-electron chi connectivity index (χ1n) is 10.6. The van der Waals surface area contributed by atoms with Crippen LogP contribution in [0.15, 0.2) is 78.9 Å². The Kier molecular flexibility index (Phi) is 6.41. The Bertz CT molecular complexity index is 1050. The van der Waals surface area contributed by atoms with E-state index in [1.54, 1.807) is 0 Å². The number of hydrogen-bond acceptors (Lipinski definition) is 2. The fourth-order valence-corrected chi connectivity index (χ4v) is 4.09. The summed E-state index contributed by atoms with van der Waals surface area (Å²) in [5.74, 6) is -0.652. The number of amides is 2. The van der Waals surface area contributed by atoms with E-state index in [-0.39, 0.29) is 23.7 Å². The summed E-state index contributed by atoms with van der Waals surface area (Å²) in [5, 5.41) is 2.92. The van der Waals surface area contributed by atoms with Crippen molar-refractivity contribution in [1.29, 1.82) is 0 Å². The molecule has 4 rings (SSSR count). The molecule has 0 saturated carbocycles. The number of likely N-dealkylation sites (tertiary alicyclic amines) is 1. The van der Waals surface area contributed by atoms with E-state index in [0.717, 1.165) is 30.4 Å². The molecule has 0 unspecified atom stereocenters. The van der Waals surface area contributed by atoms with E-state index in [1.165, 1.54) is 24.3 Å². The molecule has 5 heteroatoms. The first kappa shape index (κ1) is 20.8. The Morgan fingerprint density at radius 1 is 0.903 bits per heavy atom. The number of carbonyl (C=O) groups excluding carboxylic acids is 2. The van der Waals surface area contributed by atoms with Crippen LogP contribution in [0.1, 0.15) is 40.0 Å². The Morgan fingerprint density at radius 2 is 1.61 bits per heavy atom. The fraction of sp³-hybridized carbons (Fsp3) is 0.231. The zero-order valence-corrected chi connectivity index (χ0v) is 17.3. The number of piperidine rings is 1. The fourth-order valence-electron chi connectivity index (χ4n) is 4.09. The maximum absolute atomic E-state index is 13.5. The van der Waals surface area contributed by atoms with Crippen molar-refractivity contribution in [3.8, 4) is 11.1 Å². The summed E-state index contributed by atoms with van der Waals surface area (Å²) in [6.45, 7) is 1.04. The molecule has 4 nitrogen and oxygen atoms in total. The zero-order valence-electron chi connectivity index (χ0n) is 17.3. The third-order valence-corrected chi connectivity index (χ3v) is 5.73. The van der Waals surface area contributed by atoms with E-state index in [0.29, 0.717) is 24.2 Å².